The number of esters is 1. The predicted molar refractivity (Wildman–Crippen MR) is 180 cm³/mol. The van der Waals surface area contributed by atoms with Crippen LogP contribution in [-0.2, 0) is 22.5 Å². The number of halogens is 2. The van der Waals surface area contributed by atoms with Gasteiger partial charge in [-0.2, -0.15) is 4.73 Å². The highest BCUT2D eigenvalue weighted by molar-refractivity contribution is 7.14. The van der Waals surface area contributed by atoms with Gasteiger partial charge in [-0.15, -0.1) is 11.3 Å². The Morgan fingerprint density at radius 2 is 1.72 bits per heavy atom. The number of benzene rings is 2. The normalized spacial score (nSPS) is 14.7. The Kier molecular flexibility index (Phi) is 11.3. The van der Waals surface area contributed by atoms with Gasteiger partial charge in [0.15, 0.2) is 23.9 Å². The molecule has 0 radical (unpaired) electrons. The first-order chi connectivity index (χ1) is 22.6. The number of methoxy groups -OCH3 is 2. The molecular formula is C34H35Cl2N3O7S. The summed E-state index contributed by atoms with van der Waals surface area (Å²) < 4.78 is 17.2. The molecule has 1 unspecified atom stereocenters. The maximum absolute atomic E-state index is 13.3. The Morgan fingerprint density at radius 1 is 1.04 bits per heavy atom. The van der Waals surface area contributed by atoms with Crippen molar-refractivity contribution in [2.75, 3.05) is 41.0 Å². The van der Waals surface area contributed by atoms with Gasteiger partial charge >= 0.3 is 11.9 Å². The van der Waals surface area contributed by atoms with E-state index in [4.69, 9.17) is 37.4 Å². The molecule has 2 atom stereocenters. The third-order valence-electron chi connectivity index (χ3n) is 8.11. The highest BCUT2D eigenvalue weighted by Gasteiger charge is 2.30. The summed E-state index contributed by atoms with van der Waals surface area (Å²) in [5, 5.41) is 25.9. The average Bonchev–Trinajstić information content (AvgIpc) is 3.46. The lowest BCUT2D eigenvalue weighted by atomic mass is 9.85. The van der Waals surface area contributed by atoms with Gasteiger partial charge in [0.25, 0.3) is 0 Å². The van der Waals surface area contributed by atoms with E-state index in [0.717, 1.165) is 35.6 Å². The first kappa shape index (κ1) is 34.5. The smallest absolute Gasteiger partial charge is 0.346 e. The minimum absolute atomic E-state index is 0.122. The number of carbonyl (C=O) groups is 2. The Hall–Kier alpha value is -3.87. The quantitative estimate of drug-likeness (QED) is 0.0967. The monoisotopic (exact) mass is 699 g/mol. The molecule has 47 heavy (non-hydrogen) atoms. The maximum atomic E-state index is 13.3. The summed E-state index contributed by atoms with van der Waals surface area (Å²) in [7, 11) is 5.07. The molecule has 13 heteroatoms. The molecule has 1 aliphatic rings. The summed E-state index contributed by atoms with van der Waals surface area (Å²) in [5.74, 6) is -0.780. The van der Waals surface area contributed by atoms with Gasteiger partial charge in [-0.1, -0.05) is 59.6 Å². The van der Waals surface area contributed by atoms with E-state index in [0.29, 0.717) is 44.8 Å². The van der Waals surface area contributed by atoms with Crippen molar-refractivity contribution in [1.29, 1.82) is 0 Å². The number of ether oxygens (including phenoxy) is 3. The van der Waals surface area contributed by atoms with Crippen LogP contribution in [0.15, 0.2) is 67.0 Å². The van der Waals surface area contributed by atoms with E-state index >= 15 is 0 Å². The van der Waals surface area contributed by atoms with Crippen LogP contribution in [0.4, 0.5) is 0 Å². The van der Waals surface area contributed by atoms with Gasteiger partial charge in [-0.3, -0.25) is 5.32 Å². The van der Waals surface area contributed by atoms with E-state index in [1.807, 2.05) is 49.5 Å². The van der Waals surface area contributed by atoms with Gasteiger partial charge in [0, 0.05) is 41.9 Å². The second-order valence-corrected chi connectivity index (χ2v) is 13.4. The second kappa shape index (κ2) is 15.4. The first-order valence-corrected chi connectivity index (χ1v) is 16.4. The molecule has 3 heterocycles. The lowest BCUT2D eigenvalue weighted by Crippen LogP contribution is -2.46. The second-order valence-electron chi connectivity index (χ2n) is 11.4. The summed E-state index contributed by atoms with van der Waals surface area (Å²) in [5.41, 5.74) is 2.48. The molecule has 0 bridgehead atoms. The van der Waals surface area contributed by atoms with E-state index in [1.165, 1.54) is 26.6 Å². The van der Waals surface area contributed by atoms with Gasteiger partial charge in [0.2, 0.25) is 0 Å². The molecule has 0 spiro atoms. The topological polar surface area (TPSA) is 124 Å². The first-order valence-electron chi connectivity index (χ1n) is 14.9. The fourth-order valence-electron chi connectivity index (χ4n) is 5.78. The van der Waals surface area contributed by atoms with Gasteiger partial charge in [-0.25, -0.2) is 9.59 Å². The van der Waals surface area contributed by atoms with E-state index in [9.17, 15) is 19.9 Å². The van der Waals surface area contributed by atoms with Crippen molar-refractivity contribution in [3.05, 3.63) is 114 Å². The average molecular weight is 701 g/mol. The molecule has 0 saturated carbocycles. The van der Waals surface area contributed by atoms with Crippen molar-refractivity contribution in [1.82, 2.24) is 10.2 Å². The zero-order chi connectivity index (χ0) is 33.7. The van der Waals surface area contributed by atoms with E-state index in [1.54, 1.807) is 12.1 Å². The SMILES string of the molecule is COc1ccc([C@H](Cc2c(Cl)c[n+]([O-])cc2Cl)c2cc(CNC(C(=O)OCC3CN(C)C3)c3ccccc3)sc2C(=O)O)cc1OC. The molecule has 2 N–H and O–H groups in total. The summed E-state index contributed by atoms with van der Waals surface area (Å²) in [6, 6.07) is 15.7. The van der Waals surface area contributed by atoms with Crippen molar-refractivity contribution >= 4 is 46.5 Å². The van der Waals surface area contributed by atoms with Crippen LogP contribution >= 0.6 is 34.5 Å². The number of carboxylic acids is 1. The van der Waals surface area contributed by atoms with Gasteiger partial charge in [0.1, 0.15) is 21.0 Å². The lowest BCUT2D eigenvalue weighted by Gasteiger charge is -2.35. The van der Waals surface area contributed by atoms with Crippen molar-refractivity contribution in [2.24, 2.45) is 5.92 Å². The number of nitrogens with zero attached hydrogens (tertiary/aromatic N) is 2. The highest BCUT2D eigenvalue weighted by Crippen LogP contribution is 2.41. The van der Waals surface area contributed by atoms with E-state index in [-0.39, 0.29) is 27.9 Å². The number of nitrogens with one attached hydrogen (secondary N) is 1. The molecule has 1 saturated heterocycles. The standard InChI is InChI=1S/C34H35Cl2N3O7S/c1-38-15-20(16-38)19-46-34(42)31(21-7-5-4-6-8-21)37-14-23-12-25(32(47-23)33(40)41)24(13-26-27(35)17-39(43)18-28(26)36)22-9-10-29(44-2)30(11-22)45-3/h4-12,17-18,20,24,31,37H,13-16,19H2,1-3H3,(H,40,41)/t24-,31?/m0/s1. The van der Waals surface area contributed by atoms with Crippen LogP contribution in [-0.4, -0.2) is 62.9 Å². The third kappa shape index (κ3) is 8.17. The van der Waals surface area contributed by atoms with Crippen molar-refractivity contribution in [3.8, 4) is 11.5 Å². The van der Waals surface area contributed by atoms with Crippen LogP contribution < -0.4 is 19.5 Å². The Balaban J connectivity index is 1.48. The molecular weight excluding hydrogens is 665 g/mol. The minimum atomic E-state index is -1.10. The number of thiophene rings is 1. The molecule has 2 aromatic heterocycles. The fourth-order valence-corrected chi connectivity index (χ4v) is 7.39. The zero-order valence-electron chi connectivity index (χ0n) is 26.1. The molecule has 248 valence electrons. The third-order valence-corrected chi connectivity index (χ3v) is 9.90. The molecule has 0 amide bonds. The van der Waals surface area contributed by atoms with Crippen LogP contribution in [0.3, 0.4) is 0 Å². The van der Waals surface area contributed by atoms with Crippen LogP contribution in [0.25, 0.3) is 0 Å². The van der Waals surface area contributed by atoms with Gasteiger partial charge < -0.3 is 29.4 Å². The predicted octanol–water partition coefficient (Wildman–Crippen LogP) is 5.71. The molecule has 5 rings (SSSR count). The number of carbonyl (C=O) groups excluding carboxylic acids is 1. The highest BCUT2D eigenvalue weighted by atomic mass is 35.5. The van der Waals surface area contributed by atoms with Gasteiger partial charge in [-0.05, 0) is 48.4 Å². The van der Waals surface area contributed by atoms with Crippen LogP contribution in [0.1, 0.15) is 48.8 Å². The van der Waals surface area contributed by atoms with Crippen molar-refractivity contribution < 1.29 is 33.6 Å². The number of aromatic nitrogens is 1. The Labute approximate surface area is 287 Å². The molecule has 1 fully saturated rings. The van der Waals surface area contributed by atoms with E-state index < -0.39 is 23.9 Å². The summed E-state index contributed by atoms with van der Waals surface area (Å²) in [6.07, 6.45) is 2.61. The van der Waals surface area contributed by atoms with Crippen LogP contribution in [0.5, 0.6) is 11.5 Å². The molecule has 10 nitrogen and oxygen atoms in total. The lowest BCUT2D eigenvalue weighted by molar-refractivity contribution is -0.605. The number of likely N-dealkylation sites (tertiary alicyclic amines) is 1. The Bertz CT molecular complexity index is 1710. The maximum Gasteiger partial charge on any atom is 0.346 e. The van der Waals surface area contributed by atoms with Crippen molar-refractivity contribution in [2.45, 2.75) is 24.9 Å². The Morgan fingerprint density at radius 3 is 2.34 bits per heavy atom. The van der Waals surface area contributed by atoms with Crippen LogP contribution in [0.2, 0.25) is 10.0 Å². The minimum Gasteiger partial charge on any atom is -0.619 e. The summed E-state index contributed by atoms with van der Waals surface area (Å²) >= 11 is 14.1. The number of aromatic carboxylic acids is 1. The number of rotatable bonds is 14. The van der Waals surface area contributed by atoms with Gasteiger partial charge in [0.05, 0.1) is 20.8 Å². The molecule has 4 aromatic rings. The van der Waals surface area contributed by atoms with E-state index in [2.05, 4.69) is 10.2 Å². The largest absolute Gasteiger partial charge is 0.619 e. The zero-order valence-corrected chi connectivity index (χ0v) is 28.4. The number of hydrogen-bond donors (Lipinski definition) is 2. The van der Waals surface area contributed by atoms with Crippen molar-refractivity contribution in [3.63, 3.8) is 0 Å². The molecule has 0 aliphatic carbocycles. The van der Waals surface area contributed by atoms with Crippen LogP contribution in [0, 0.1) is 11.1 Å². The molecule has 1 aliphatic heterocycles. The fraction of sp³-hybridized carbons (Fsp3) is 0.324. The number of carboxylic acid groups (broad SMARTS) is 1. The number of pyridine rings is 1. The molecule has 2 aromatic carbocycles. The summed E-state index contributed by atoms with van der Waals surface area (Å²) in [4.78, 5) is 29.0. The number of hydrogen-bond acceptors (Lipinski definition) is 9. The summed E-state index contributed by atoms with van der Waals surface area (Å²) in [6.45, 7) is 2.30.